The van der Waals surface area contributed by atoms with Crippen LogP contribution in [0.25, 0.3) is 0 Å². The lowest BCUT2D eigenvalue weighted by Crippen LogP contribution is -2.32. The van der Waals surface area contributed by atoms with Crippen LogP contribution in [0.4, 0.5) is 0 Å². The van der Waals surface area contributed by atoms with Gasteiger partial charge >= 0.3 is 0 Å². The molecule has 0 saturated heterocycles. The highest BCUT2D eigenvalue weighted by atomic mass is 79.9. The molecule has 1 rings (SSSR count). The molecule has 1 aromatic rings. The van der Waals surface area contributed by atoms with Crippen LogP contribution in [-0.2, 0) is 0 Å². The summed E-state index contributed by atoms with van der Waals surface area (Å²) in [4.78, 5) is 0. The maximum absolute atomic E-state index is 8.73. The molecule has 0 aliphatic rings. The lowest BCUT2D eigenvalue weighted by Gasteiger charge is -2.23. The number of nitrogens with one attached hydrogen (secondary N) is 1. The molecule has 0 amide bonds. The molecule has 0 aliphatic carbocycles. The fourth-order valence-electron chi connectivity index (χ4n) is 1.98. The van der Waals surface area contributed by atoms with Crippen LogP contribution in [0.5, 0.6) is 0 Å². The molecule has 4 nitrogen and oxygen atoms in total. The van der Waals surface area contributed by atoms with Crippen LogP contribution in [0.1, 0.15) is 45.2 Å². The van der Waals surface area contributed by atoms with E-state index >= 15 is 0 Å². The number of nitrogens with two attached hydrogens (primary N) is 1. The van der Waals surface area contributed by atoms with E-state index in [4.69, 9.17) is 10.9 Å². The van der Waals surface area contributed by atoms with Crippen molar-refractivity contribution >= 4 is 21.8 Å². The van der Waals surface area contributed by atoms with Crippen molar-refractivity contribution in [1.29, 1.82) is 0 Å². The predicted molar refractivity (Wildman–Crippen MR) is 87.0 cm³/mol. The number of benzene rings is 1. The number of amidine groups is 1. The maximum atomic E-state index is 8.73. The number of rotatable bonds is 7. The fraction of sp³-hybridized carbons (Fsp3) is 0.533. The Morgan fingerprint density at radius 3 is 2.55 bits per heavy atom. The minimum absolute atomic E-state index is 0.267. The minimum Gasteiger partial charge on any atom is -0.409 e. The molecule has 0 bridgehead atoms. The van der Waals surface area contributed by atoms with Gasteiger partial charge in [-0.25, -0.2) is 0 Å². The quantitative estimate of drug-likeness (QED) is 0.233. The predicted octanol–water partition coefficient (Wildman–Crippen LogP) is 3.65. The Balaban J connectivity index is 2.36. The normalized spacial score (nSPS) is 14.3. The monoisotopic (exact) mass is 341 g/mol. The Labute approximate surface area is 129 Å². The first-order chi connectivity index (χ1) is 9.36. The number of hydrogen-bond acceptors (Lipinski definition) is 3. The molecular formula is C15H24BrN3O. The Morgan fingerprint density at radius 1 is 1.40 bits per heavy atom. The van der Waals surface area contributed by atoms with Crippen LogP contribution in [0.15, 0.2) is 33.9 Å². The topological polar surface area (TPSA) is 70.6 Å². The van der Waals surface area contributed by atoms with E-state index in [0.29, 0.717) is 11.9 Å². The zero-order chi connectivity index (χ0) is 15.2. The molecule has 0 fully saturated rings. The van der Waals surface area contributed by atoms with E-state index < -0.39 is 0 Å². The summed E-state index contributed by atoms with van der Waals surface area (Å²) in [7, 11) is 0. The van der Waals surface area contributed by atoms with Crippen LogP contribution in [0.2, 0.25) is 0 Å². The van der Waals surface area contributed by atoms with E-state index in [-0.39, 0.29) is 5.41 Å². The van der Waals surface area contributed by atoms with Gasteiger partial charge < -0.3 is 16.3 Å². The molecule has 0 unspecified atom stereocenters. The van der Waals surface area contributed by atoms with Gasteiger partial charge in [0.25, 0.3) is 0 Å². The molecule has 0 aliphatic heterocycles. The second-order valence-corrected chi connectivity index (χ2v) is 6.62. The summed E-state index contributed by atoms with van der Waals surface area (Å²) < 4.78 is 1.09. The van der Waals surface area contributed by atoms with E-state index in [1.165, 1.54) is 5.56 Å². The van der Waals surface area contributed by atoms with Crippen molar-refractivity contribution in [2.24, 2.45) is 16.3 Å². The number of halogens is 1. The molecular weight excluding hydrogens is 318 g/mol. The third-order valence-electron chi connectivity index (χ3n) is 3.60. The molecule has 0 heterocycles. The first kappa shape index (κ1) is 17.0. The SMILES string of the molecule is C[C@@H](NCCCC(C)(C)/C(N)=N/O)c1ccc(Br)cc1. The molecule has 1 atom stereocenters. The highest BCUT2D eigenvalue weighted by molar-refractivity contribution is 9.10. The van der Waals surface area contributed by atoms with Gasteiger partial charge in [0.2, 0.25) is 0 Å². The smallest absolute Gasteiger partial charge is 0.144 e. The Morgan fingerprint density at radius 2 is 2.00 bits per heavy atom. The van der Waals surface area contributed by atoms with E-state index in [1.807, 2.05) is 13.8 Å². The van der Waals surface area contributed by atoms with Crippen molar-refractivity contribution in [1.82, 2.24) is 5.32 Å². The van der Waals surface area contributed by atoms with E-state index in [9.17, 15) is 0 Å². The molecule has 0 spiro atoms. The summed E-state index contributed by atoms with van der Waals surface area (Å²) in [6.45, 7) is 7.03. The van der Waals surface area contributed by atoms with Crippen LogP contribution in [0, 0.1) is 5.41 Å². The first-order valence-electron chi connectivity index (χ1n) is 6.83. The molecule has 1 aromatic carbocycles. The standard InChI is InChI=1S/C15H24BrN3O/c1-11(12-5-7-13(16)8-6-12)18-10-4-9-15(2,3)14(17)19-20/h5-8,11,18,20H,4,9-10H2,1-3H3,(H2,17,19)/t11-/m1/s1. The summed E-state index contributed by atoms with van der Waals surface area (Å²) in [5.41, 5.74) is 6.67. The molecule has 5 heteroatoms. The number of oxime groups is 1. The average Bonchev–Trinajstić information content (AvgIpc) is 2.43. The lowest BCUT2D eigenvalue weighted by molar-refractivity contribution is 0.304. The summed E-state index contributed by atoms with van der Waals surface area (Å²) in [5.74, 6) is 0.290. The third kappa shape index (κ3) is 5.13. The van der Waals surface area contributed by atoms with Gasteiger partial charge in [-0.2, -0.15) is 0 Å². The second-order valence-electron chi connectivity index (χ2n) is 5.70. The van der Waals surface area contributed by atoms with Crippen LogP contribution < -0.4 is 11.1 Å². The fourth-order valence-corrected chi connectivity index (χ4v) is 2.25. The van der Waals surface area contributed by atoms with Gasteiger partial charge in [-0.15, -0.1) is 0 Å². The Hall–Kier alpha value is -1.07. The van der Waals surface area contributed by atoms with Crippen LogP contribution in [-0.4, -0.2) is 17.6 Å². The largest absolute Gasteiger partial charge is 0.409 e. The lowest BCUT2D eigenvalue weighted by atomic mass is 9.86. The molecule has 0 saturated carbocycles. The number of nitrogens with zero attached hydrogens (tertiary/aromatic N) is 1. The zero-order valence-electron chi connectivity index (χ0n) is 12.4. The Bertz CT molecular complexity index is 443. The van der Waals surface area contributed by atoms with Crippen molar-refractivity contribution in [3.63, 3.8) is 0 Å². The summed E-state index contributed by atoms with van der Waals surface area (Å²) in [5, 5.41) is 15.3. The van der Waals surface area contributed by atoms with Crippen molar-refractivity contribution in [3.05, 3.63) is 34.3 Å². The van der Waals surface area contributed by atoms with Gasteiger partial charge in [0.05, 0.1) is 0 Å². The zero-order valence-corrected chi connectivity index (χ0v) is 13.9. The highest BCUT2D eigenvalue weighted by Gasteiger charge is 2.22. The molecule has 20 heavy (non-hydrogen) atoms. The van der Waals surface area contributed by atoms with Gasteiger partial charge in [-0.3, -0.25) is 0 Å². The van der Waals surface area contributed by atoms with Gasteiger partial charge in [0, 0.05) is 15.9 Å². The maximum Gasteiger partial charge on any atom is 0.144 e. The van der Waals surface area contributed by atoms with Crippen molar-refractivity contribution in [2.75, 3.05) is 6.54 Å². The Kier molecular flexibility index (Phi) is 6.49. The summed E-state index contributed by atoms with van der Waals surface area (Å²) in [6.07, 6.45) is 1.85. The van der Waals surface area contributed by atoms with E-state index in [1.54, 1.807) is 0 Å². The summed E-state index contributed by atoms with van der Waals surface area (Å²) in [6, 6.07) is 8.64. The van der Waals surface area contributed by atoms with Crippen molar-refractivity contribution in [2.45, 2.75) is 39.7 Å². The second kappa shape index (κ2) is 7.64. The summed E-state index contributed by atoms with van der Waals surface area (Å²) >= 11 is 3.44. The van der Waals surface area contributed by atoms with Crippen molar-refractivity contribution < 1.29 is 5.21 Å². The van der Waals surface area contributed by atoms with Gasteiger partial charge in [-0.05, 0) is 44.0 Å². The van der Waals surface area contributed by atoms with Crippen molar-refractivity contribution in [3.8, 4) is 0 Å². The van der Waals surface area contributed by atoms with Gasteiger partial charge in [0.1, 0.15) is 5.84 Å². The third-order valence-corrected chi connectivity index (χ3v) is 4.13. The van der Waals surface area contributed by atoms with E-state index in [2.05, 4.69) is 57.6 Å². The van der Waals surface area contributed by atoms with Gasteiger partial charge in [0.15, 0.2) is 0 Å². The molecule has 0 aromatic heterocycles. The van der Waals surface area contributed by atoms with E-state index in [0.717, 1.165) is 23.9 Å². The van der Waals surface area contributed by atoms with Crippen LogP contribution >= 0.6 is 15.9 Å². The highest BCUT2D eigenvalue weighted by Crippen LogP contribution is 2.22. The van der Waals surface area contributed by atoms with Crippen LogP contribution in [0.3, 0.4) is 0 Å². The molecule has 4 N–H and O–H groups in total. The first-order valence-corrected chi connectivity index (χ1v) is 7.63. The number of hydrogen-bond donors (Lipinski definition) is 3. The molecule has 112 valence electrons. The minimum atomic E-state index is -0.267. The van der Waals surface area contributed by atoms with Gasteiger partial charge in [-0.1, -0.05) is 47.1 Å². The molecule has 0 radical (unpaired) electrons. The average molecular weight is 342 g/mol.